The molecular formula is C24H26N4O3S. The Balaban J connectivity index is 1.56. The first-order valence-corrected chi connectivity index (χ1v) is 11.5. The Labute approximate surface area is 191 Å². The van der Waals surface area contributed by atoms with Crippen LogP contribution >= 0.6 is 11.8 Å². The molecule has 4 rings (SSSR count). The standard InChI is InChI=1S/C24H26N4O3S/c1-16(22(30)17-8-6-5-7-9-17)27-21(29)15-32-23-26-25-20(28(23)27)14-31-19-12-10-18(11-13-19)24(2,3)4/h5-13,16H,14-15H2,1-4H3/t16-/m1/s1. The number of fused-ring (bicyclic) bond motifs is 1. The molecule has 0 fully saturated rings. The van der Waals surface area contributed by atoms with Gasteiger partial charge in [0.25, 0.3) is 5.91 Å². The topological polar surface area (TPSA) is 77.3 Å². The number of rotatable bonds is 6. The molecule has 1 aliphatic heterocycles. The second-order valence-corrected chi connectivity index (χ2v) is 9.65. The van der Waals surface area contributed by atoms with Crippen molar-refractivity contribution >= 4 is 23.5 Å². The SMILES string of the molecule is C[C@H](C(=O)c1ccccc1)N1C(=O)CSc2nnc(COc3ccc(C(C)(C)C)cc3)n21. The summed E-state index contributed by atoms with van der Waals surface area (Å²) in [6.45, 7) is 8.33. The number of nitrogens with zero attached hydrogens (tertiary/aromatic N) is 4. The molecule has 0 spiro atoms. The normalized spacial score (nSPS) is 14.8. The van der Waals surface area contributed by atoms with E-state index < -0.39 is 6.04 Å². The molecule has 0 saturated heterocycles. The van der Waals surface area contributed by atoms with E-state index >= 15 is 0 Å². The lowest BCUT2D eigenvalue weighted by atomic mass is 9.87. The minimum absolute atomic E-state index is 0.0596. The molecule has 2 heterocycles. The molecule has 7 nitrogen and oxygen atoms in total. The first-order valence-electron chi connectivity index (χ1n) is 10.5. The maximum atomic E-state index is 13.0. The molecule has 1 aliphatic rings. The van der Waals surface area contributed by atoms with E-state index in [1.807, 2.05) is 42.5 Å². The average molecular weight is 451 g/mol. The zero-order valence-corrected chi connectivity index (χ0v) is 19.4. The van der Waals surface area contributed by atoms with Crippen LogP contribution < -0.4 is 9.75 Å². The molecule has 8 heteroatoms. The first-order chi connectivity index (χ1) is 15.3. The van der Waals surface area contributed by atoms with Gasteiger partial charge in [-0.3, -0.25) is 9.59 Å². The first kappa shape index (κ1) is 22.1. The summed E-state index contributed by atoms with van der Waals surface area (Å²) in [5, 5.41) is 10.5. The number of amides is 1. The van der Waals surface area contributed by atoms with Crippen LogP contribution in [0.25, 0.3) is 0 Å². The van der Waals surface area contributed by atoms with E-state index in [9.17, 15) is 9.59 Å². The number of hydrogen-bond donors (Lipinski definition) is 0. The number of hydrogen-bond acceptors (Lipinski definition) is 6. The Hall–Kier alpha value is -3.13. The zero-order chi connectivity index (χ0) is 22.9. The summed E-state index contributed by atoms with van der Waals surface area (Å²) in [4.78, 5) is 25.9. The van der Waals surface area contributed by atoms with Crippen molar-refractivity contribution in [2.75, 3.05) is 10.8 Å². The van der Waals surface area contributed by atoms with Crippen molar-refractivity contribution in [3.63, 3.8) is 0 Å². The molecule has 0 unspecified atom stereocenters. The van der Waals surface area contributed by atoms with Crippen LogP contribution in [-0.2, 0) is 16.8 Å². The van der Waals surface area contributed by atoms with Crippen molar-refractivity contribution in [2.24, 2.45) is 0 Å². The third-order valence-electron chi connectivity index (χ3n) is 5.37. The van der Waals surface area contributed by atoms with Gasteiger partial charge in [0.05, 0.1) is 5.75 Å². The van der Waals surface area contributed by atoms with Crippen LogP contribution in [0.5, 0.6) is 5.75 Å². The lowest BCUT2D eigenvalue weighted by Gasteiger charge is -2.33. The second-order valence-electron chi connectivity index (χ2n) is 8.71. The molecule has 0 saturated carbocycles. The zero-order valence-electron chi connectivity index (χ0n) is 18.6. The third-order valence-corrected chi connectivity index (χ3v) is 6.27. The highest BCUT2D eigenvalue weighted by Crippen LogP contribution is 2.27. The quantitative estimate of drug-likeness (QED) is 0.529. The molecule has 1 aromatic heterocycles. The van der Waals surface area contributed by atoms with Crippen molar-refractivity contribution in [2.45, 2.75) is 50.9 Å². The van der Waals surface area contributed by atoms with Gasteiger partial charge in [-0.25, -0.2) is 9.69 Å². The predicted octanol–water partition coefficient (Wildman–Crippen LogP) is 4.00. The maximum absolute atomic E-state index is 13.0. The molecule has 0 aliphatic carbocycles. The Morgan fingerprint density at radius 1 is 1.09 bits per heavy atom. The smallest absolute Gasteiger partial charge is 0.252 e. The van der Waals surface area contributed by atoms with Gasteiger partial charge in [-0.1, -0.05) is 75.0 Å². The fourth-order valence-electron chi connectivity index (χ4n) is 3.54. The maximum Gasteiger partial charge on any atom is 0.252 e. The van der Waals surface area contributed by atoms with Gasteiger partial charge in [0.15, 0.2) is 11.6 Å². The van der Waals surface area contributed by atoms with Gasteiger partial charge in [-0.2, -0.15) is 0 Å². The van der Waals surface area contributed by atoms with Gasteiger partial charge in [-0.15, -0.1) is 10.2 Å². The molecule has 0 N–H and O–H groups in total. The number of ketones is 1. The highest BCUT2D eigenvalue weighted by molar-refractivity contribution is 7.99. The lowest BCUT2D eigenvalue weighted by Crippen LogP contribution is -2.54. The monoisotopic (exact) mass is 450 g/mol. The number of carbonyl (C=O) groups is 2. The summed E-state index contributed by atoms with van der Waals surface area (Å²) in [7, 11) is 0. The molecule has 166 valence electrons. The van der Waals surface area contributed by atoms with Gasteiger partial charge < -0.3 is 4.74 Å². The van der Waals surface area contributed by atoms with Crippen molar-refractivity contribution in [3.05, 3.63) is 71.5 Å². The van der Waals surface area contributed by atoms with Crippen LogP contribution in [0.3, 0.4) is 0 Å². The Kier molecular flexibility index (Phi) is 6.06. The number of carbonyl (C=O) groups excluding carboxylic acids is 2. The highest BCUT2D eigenvalue weighted by Gasteiger charge is 2.35. The van der Waals surface area contributed by atoms with E-state index in [-0.39, 0.29) is 29.5 Å². The Bertz CT molecular complexity index is 1120. The van der Waals surface area contributed by atoms with Crippen molar-refractivity contribution in [3.8, 4) is 5.75 Å². The molecule has 1 atom stereocenters. The van der Waals surface area contributed by atoms with Gasteiger partial charge >= 0.3 is 0 Å². The van der Waals surface area contributed by atoms with Crippen molar-refractivity contribution < 1.29 is 14.3 Å². The highest BCUT2D eigenvalue weighted by atomic mass is 32.2. The predicted molar refractivity (Wildman–Crippen MR) is 124 cm³/mol. The minimum Gasteiger partial charge on any atom is -0.486 e. The second kappa shape index (κ2) is 8.78. The van der Waals surface area contributed by atoms with Gasteiger partial charge in [0, 0.05) is 5.56 Å². The molecule has 32 heavy (non-hydrogen) atoms. The average Bonchev–Trinajstić information content (AvgIpc) is 3.20. The minimum atomic E-state index is -0.703. The largest absolute Gasteiger partial charge is 0.486 e. The third kappa shape index (κ3) is 4.41. The number of ether oxygens (including phenoxy) is 1. The van der Waals surface area contributed by atoms with Crippen LogP contribution in [-0.4, -0.2) is 38.4 Å². The number of thioether (sulfide) groups is 1. The van der Waals surface area contributed by atoms with Gasteiger partial charge in [-0.05, 0) is 30.0 Å². The summed E-state index contributed by atoms with van der Waals surface area (Å²) in [5.74, 6) is 1.06. The summed E-state index contributed by atoms with van der Waals surface area (Å²) < 4.78 is 7.55. The molecule has 0 radical (unpaired) electrons. The van der Waals surface area contributed by atoms with E-state index in [4.69, 9.17) is 4.74 Å². The number of benzene rings is 2. The fraction of sp³-hybridized carbons (Fsp3) is 0.333. The van der Waals surface area contributed by atoms with E-state index in [1.165, 1.54) is 22.3 Å². The lowest BCUT2D eigenvalue weighted by molar-refractivity contribution is -0.118. The van der Waals surface area contributed by atoms with E-state index in [0.29, 0.717) is 22.3 Å². The Morgan fingerprint density at radius 2 is 1.78 bits per heavy atom. The molecule has 3 aromatic rings. The van der Waals surface area contributed by atoms with Crippen LogP contribution in [0.4, 0.5) is 0 Å². The molecular weight excluding hydrogens is 424 g/mol. The summed E-state index contributed by atoms with van der Waals surface area (Å²) in [5.41, 5.74) is 1.83. The van der Waals surface area contributed by atoms with Crippen molar-refractivity contribution in [1.82, 2.24) is 14.9 Å². The van der Waals surface area contributed by atoms with Crippen LogP contribution in [0.1, 0.15) is 49.4 Å². The van der Waals surface area contributed by atoms with Gasteiger partial charge in [0.1, 0.15) is 18.4 Å². The Morgan fingerprint density at radius 3 is 2.44 bits per heavy atom. The van der Waals surface area contributed by atoms with E-state index in [0.717, 1.165) is 0 Å². The summed E-state index contributed by atoms with van der Waals surface area (Å²) in [6.07, 6.45) is 0. The van der Waals surface area contributed by atoms with E-state index in [1.54, 1.807) is 23.7 Å². The fourth-order valence-corrected chi connectivity index (χ4v) is 4.34. The van der Waals surface area contributed by atoms with Crippen LogP contribution in [0.2, 0.25) is 0 Å². The van der Waals surface area contributed by atoms with Crippen LogP contribution in [0.15, 0.2) is 59.8 Å². The summed E-state index contributed by atoms with van der Waals surface area (Å²) in [6, 6.07) is 16.2. The van der Waals surface area contributed by atoms with Crippen molar-refractivity contribution in [1.29, 1.82) is 0 Å². The van der Waals surface area contributed by atoms with Gasteiger partial charge in [0.2, 0.25) is 5.16 Å². The van der Waals surface area contributed by atoms with E-state index in [2.05, 4.69) is 31.0 Å². The number of Topliss-reactive ketones (excluding diaryl/α,β-unsaturated/α-hetero) is 1. The molecule has 1 amide bonds. The van der Waals surface area contributed by atoms with Crippen LogP contribution in [0, 0.1) is 0 Å². The number of aromatic nitrogens is 3. The summed E-state index contributed by atoms with van der Waals surface area (Å²) >= 11 is 1.30. The molecule has 2 aromatic carbocycles. The molecule has 0 bridgehead atoms.